The van der Waals surface area contributed by atoms with Crippen molar-refractivity contribution < 1.29 is 9.21 Å². The first-order chi connectivity index (χ1) is 8.20. The predicted molar refractivity (Wildman–Crippen MR) is 65.5 cm³/mol. The van der Waals surface area contributed by atoms with Crippen LogP contribution in [-0.4, -0.2) is 24.4 Å². The average molecular weight is 236 g/mol. The molecule has 0 aliphatic heterocycles. The summed E-state index contributed by atoms with van der Waals surface area (Å²) in [6, 6.07) is 3.46. The third-order valence-corrected chi connectivity index (χ3v) is 3.43. The fourth-order valence-corrected chi connectivity index (χ4v) is 2.45. The Morgan fingerprint density at radius 2 is 2.18 bits per heavy atom. The van der Waals surface area contributed by atoms with Gasteiger partial charge in [-0.05, 0) is 30.9 Å². The minimum absolute atomic E-state index is 0.0448. The summed E-state index contributed by atoms with van der Waals surface area (Å²) in [6.07, 6.45) is 5.07. The van der Waals surface area contributed by atoms with Crippen LogP contribution in [0.2, 0.25) is 0 Å². The molecule has 1 fully saturated rings. The van der Waals surface area contributed by atoms with Gasteiger partial charge in [0.15, 0.2) is 5.76 Å². The quantitative estimate of drug-likeness (QED) is 0.869. The summed E-state index contributed by atoms with van der Waals surface area (Å²) in [7, 11) is 1.84. The SMILES string of the molecule is CN(CC1CCCC1)C(=O)c1ccc(CN)o1. The van der Waals surface area contributed by atoms with Crippen molar-refractivity contribution in [2.24, 2.45) is 11.7 Å². The van der Waals surface area contributed by atoms with Gasteiger partial charge in [-0.25, -0.2) is 0 Å². The van der Waals surface area contributed by atoms with Gasteiger partial charge in [-0.2, -0.15) is 0 Å². The molecule has 1 aromatic heterocycles. The molecule has 4 heteroatoms. The van der Waals surface area contributed by atoms with Crippen LogP contribution in [0.25, 0.3) is 0 Å². The average Bonchev–Trinajstić information content (AvgIpc) is 2.98. The highest BCUT2D eigenvalue weighted by Crippen LogP contribution is 2.25. The molecule has 17 heavy (non-hydrogen) atoms. The lowest BCUT2D eigenvalue weighted by Crippen LogP contribution is -2.30. The lowest BCUT2D eigenvalue weighted by molar-refractivity contribution is 0.0740. The molecule has 1 aliphatic carbocycles. The molecule has 2 N–H and O–H groups in total. The highest BCUT2D eigenvalue weighted by Gasteiger charge is 2.21. The zero-order chi connectivity index (χ0) is 12.3. The molecule has 0 bridgehead atoms. The number of hydrogen-bond donors (Lipinski definition) is 1. The smallest absolute Gasteiger partial charge is 0.289 e. The molecule has 1 saturated carbocycles. The van der Waals surface area contributed by atoms with Crippen LogP contribution in [0.5, 0.6) is 0 Å². The standard InChI is InChI=1S/C13H20N2O2/c1-15(9-10-4-2-3-5-10)13(16)12-7-6-11(8-14)17-12/h6-7,10H,2-5,8-9,14H2,1H3. The van der Waals surface area contributed by atoms with Crippen LogP contribution < -0.4 is 5.73 Å². The largest absolute Gasteiger partial charge is 0.455 e. The Bertz CT molecular complexity index is 381. The molecule has 4 nitrogen and oxygen atoms in total. The van der Waals surface area contributed by atoms with E-state index in [0.717, 1.165) is 6.54 Å². The van der Waals surface area contributed by atoms with Gasteiger partial charge in [-0.1, -0.05) is 12.8 Å². The van der Waals surface area contributed by atoms with Crippen LogP contribution >= 0.6 is 0 Å². The van der Waals surface area contributed by atoms with Gasteiger partial charge in [0.25, 0.3) is 5.91 Å². The molecule has 0 aromatic carbocycles. The van der Waals surface area contributed by atoms with Crippen LogP contribution in [0.4, 0.5) is 0 Å². The molecule has 2 rings (SSSR count). The first kappa shape index (κ1) is 12.2. The second-order valence-electron chi connectivity index (χ2n) is 4.81. The van der Waals surface area contributed by atoms with E-state index in [9.17, 15) is 4.79 Å². The Morgan fingerprint density at radius 1 is 1.47 bits per heavy atom. The minimum Gasteiger partial charge on any atom is -0.455 e. The fourth-order valence-electron chi connectivity index (χ4n) is 2.45. The highest BCUT2D eigenvalue weighted by atomic mass is 16.4. The molecular formula is C13H20N2O2. The first-order valence-electron chi connectivity index (χ1n) is 6.25. The van der Waals surface area contributed by atoms with Crippen molar-refractivity contribution in [2.45, 2.75) is 32.2 Å². The molecule has 94 valence electrons. The predicted octanol–water partition coefficient (Wildman–Crippen LogP) is 2.00. The summed E-state index contributed by atoms with van der Waals surface area (Å²) in [5.74, 6) is 1.66. The molecule has 1 heterocycles. The normalized spacial score (nSPS) is 16.4. The van der Waals surface area contributed by atoms with Gasteiger partial charge in [0.1, 0.15) is 5.76 Å². The Balaban J connectivity index is 1.93. The number of furan rings is 1. The van der Waals surface area contributed by atoms with Crippen LogP contribution in [0, 0.1) is 5.92 Å². The Hall–Kier alpha value is -1.29. The zero-order valence-electron chi connectivity index (χ0n) is 10.3. The monoisotopic (exact) mass is 236 g/mol. The van der Waals surface area contributed by atoms with E-state index in [-0.39, 0.29) is 5.91 Å². The van der Waals surface area contributed by atoms with Crippen molar-refractivity contribution in [3.8, 4) is 0 Å². The van der Waals surface area contributed by atoms with Gasteiger partial charge in [0.2, 0.25) is 0 Å². The van der Waals surface area contributed by atoms with E-state index >= 15 is 0 Å². The van der Waals surface area contributed by atoms with E-state index in [4.69, 9.17) is 10.2 Å². The third kappa shape index (κ3) is 2.88. The molecule has 0 spiro atoms. The lowest BCUT2D eigenvalue weighted by atomic mass is 10.1. The summed E-state index contributed by atoms with van der Waals surface area (Å²) in [5, 5.41) is 0. The maximum absolute atomic E-state index is 12.1. The Kier molecular flexibility index (Phi) is 3.84. The summed E-state index contributed by atoms with van der Waals surface area (Å²) in [4.78, 5) is 13.8. The topological polar surface area (TPSA) is 59.5 Å². The van der Waals surface area contributed by atoms with E-state index in [1.54, 1.807) is 17.0 Å². The van der Waals surface area contributed by atoms with Gasteiger partial charge >= 0.3 is 0 Å². The summed E-state index contributed by atoms with van der Waals surface area (Å²) >= 11 is 0. The van der Waals surface area contributed by atoms with Gasteiger partial charge in [-0.15, -0.1) is 0 Å². The van der Waals surface area contributed by atoms with Crippen molar-refractivity contribution in [3.63, 3.8) is 0 Å². The lowest BCUT2D eigenvalue weighted by Gasteiger charge is -2.19. The number of nitrogens with zero attached hydrogens (tertiary/aromatic N) is 1. The maximum Gasteiger partial charge on any atom is 0.289 e. The summed E-state index contributed by atoms with van der Waals surface area (Å²) in [5.41, 5.74) is 5.45. The Labute approximate surface area is 102 Å². The van der Waals surface area contributed by atoms with Gasteiger partial charge in [-0.3, -0.25) is 4.79 Å². The van der Waals surface area contributed by atoms with Crippen LogP contribution in [0.15, 0.2) is 16.5 Å². The minimum atomic E-state index is -0.0448. The first-order valence-corrected chi connectivity index (χ1v) is 6.25. The molecule has 1 aliphatic rings. The van der Waals surface area contributed by atoms with Crippen LogP contribution in [0.1, 0.15) is 42.0 Å². The summed E-state index contributed by atoms with van der Waals surface area (Å²) < 4.78 is 5.36. The van der Waals surface area contributed by atoms with E-state index < -0.39 is 0 Å². The second-order valence-corrected chi connectivity index (χ2v) is 4.81. The van der Waals surface area contributed by atoms with Crippen molar-refractivity contribution >= 4 is 5.91 Å². The molecule has 0 unspecified atom stereocenters. The van der Waals surface area contributed by atoms with Crippen molar-refractivity contribution in [1.82, 2.24) is 4.90 Å². The second kappa shape index (κ2) is 5.36. The number of carbonyl (C=O) groups is 1. The fraction of sp³-hybridized carbons (Fsp3) is 0.615. The number of hydrogen-bond acceptors (Lipinski definition) is 3. The number of amides is 1. The molecule has 0 saturated heterocycles. The van der Waals surface area contributed by atoms with Gasteiger partial charge < -0.3 is 15.1 Å². The Morgan fingerprint density at radius 3 is 2.76 bits per heavy atom. The van der Waals surface area contributed by atoms with E-state index in [2.05, 4.69) is 0 Å². The third-order valence-electron chi connectivity index (χ3n) is 3.43. The molecule has 1 aromatic rings. The number of nitrogens with two attached hydrogens (primary N) is 1. The maximum atomic E-state index is 12.1. The highest BCUT2D eigenvalue weighted by molar-refractivity contribution is 5.91. The van der Waals surface area contributed by atoms with E-state index in [1.165, 1.54) is 25.7 Å². The van der Waals surface area contributed by atoms with Crippen molar-refractivity contribution in [3.05, 3.63) is 23.7 Å². The van der Waals surface area contributed by atoms with Crippen LogP contribution in [0.3, 0.4) is 0 Å². The molecule has 0 atom stereocenters. The molecule has 0 radical (unpaired) electrons. The van der Waals surface area contributed by atoms with E-state index in [0.29, 0.717) is 24.0 Å². The van der Waals surface area contributed by atoms with Crippen molar-refractivity contribution in [1.29, 1.82) is 0 Å². The zero-order valence-corrected chi connectivity index (χ0v) is 10.3. The summed E-state index contributed by atoms with van der Waals surface area (Å²) in [6.45, 7) is 1.16. The van der Waals surface area contributed by atoms with Gasteiger partial charge in [0.05, 0.1) is 6.54 Å². The molecular weight excluding hydrogens is 216 g/mol. The van der Waals surface area contributed by atoms with Crippen molar-refractivity contribution in [2.75, 3.05) is 13.6 Å². The number of carbonyl (C=O) groups excluding carboxylic acids is 1. The van der Waals surface area contributed by atoms with Gasteiger partial charge in [0, 0.05) is 13.6 Å². The number of rotatable bonds is 4. The van der Waals surface area contributed by atoms with Crippen LogP contribution in [-0.2, 0) is 6.54 Å². The van der Waals surface area contributed by atoms with E-state index in [1.807, 2.05) is 7.05 Å². The molecule has 1 amide bonds.